The molecule has 1 fully saturated rings. The smallest absolute Gasteiger partial charge is 0.191 e. The van der Waals surface area contributed by atoms with Crippen LogP contribution >= 0.6 is 0 Å². The van der Waals surface area contributed by atoms with Crippen LogP contribution in [0.2, 0.25) is 0 Å². The fourth-order valence-corrected chi connectivity index (χ4v) is 3.22. The van der Waals surface area contributed by atoms with Gasteiger partial charge in [0, 0.05) is 45.3 Å². The first kappa shape index (κ1) is 19.7. The number of benzene rings is 1. The van der Waals surface area contributed by atoms with E-state index < -0.39 is 0 Å². The Balaban J connectivity index is 1.83. The Bertz CT molecular complexity index is 535. The van der Waals surface area contributed by atoms with Gasteiger partial charge in [-0.1, -0.05) is 36.8 Å². The Morgan fingerprint density at radius 1 is 1.16 bits per heavy atom. The second kappa shape index (κ2) is 10.4. The topological polar surface area (TPSA) is 42.9 Å². The maximum atomic E-state index is 4.73. The number of nitrogens with zero attached hydrogens (tertiary/aromatic N) is 3. The van der Waals surface area contributed by atoms with Crippen molar-refractivity contribution in [3.05, 3.63) is 35.4 Å². The first-order chi connectivity index (χ1) is 12.1. The lowest BCUT2D eigenvalue weighted by molar-refractivity contribution is 0.107. The van der Waals surface area contributed by atoms with Crippen molar-refractivity contribution in [3.63, 3.8) is 0 Å². The van der Waals surface area contributed by atoms with Gasteiger partial charge in [-0.15, -0.1) is 0 Å². The minimum Gasteiger partial charge on any atom is -0.357 e. The highest BCUT2D eigenvalue weighted by molar-refractivity contribution is 5.79. The van der Waals surface area contributed by atoms with E-state index in [2.05, 4.69) is 72.4 Å². The third-order valence-electron chi connectivity index (χ3n) is 4.89. The molecule has 2 N–H and O–H groups in total. The van der Waals surface area contributed by atoms with Crippen LogP contribution in [-0.2, 0) is 6.54 Å². The number of guanidine groups is 1. The number of hydrogen-bond donors (Lipinski definition) is 2. The van der Waals surface area contributed by atoms with Gasteiger partial charge in [0.2, 0.25) is 0 Å². The van der Waals surface area contributed by atoms with E-state index in [9.17, 15) is 0 Å². The number of rotatable bonds is 7. The Labute approximate surface area is 153 Å². The van der Waals surface area contributed by atoms with Crippen molar-refractivity contribution in [1.82, 2.24) is 20.4 Å². The van der Waals surface area contributed by atoms with Crippen LogP contribution in [0, 0.1) is 6.92 Å². The zero-order valence-corrected chi connectivity index (χ0v) is 16.4. The van der Waals surface area contributed by atoms with E-state index >= 15 is 0 Å². The SMILES string of the molecule is CCNC(=NCc1cccc(C)c1)NCC(C)N1CCN(CC)CC1. The third-order valence-corrected chi connectivity index (χ3v) is 4.89. The van der Waals surface area contributed by atoms with E-state index in [1.807, 2.05) is 0 Å². The molecule has 140 valence electrons. The summed E-state index contributed by atoms with van der Waals surface area (Å²) in [6, 6.07) is 9.07. The number of nitrogens with one attached hydrogen (secondary N) is 2. The Hall–Kier alpha value is -1.59. The molecule has 0 saturated carbocycles. The van der Waals surface area contributed by atoms with E-state index in [-0.39, 0.29) is 0 Å². The summed E-state index contributed by atoms with van der Waals surface area (Å²) in [6.07, 6.45) is 0. The number of aliphatic imine (C=N–C) groups is 1. The van der Waals surface area contributed by atoms with Crippen LogP contribution in [-0.4, -0.2) is 67.6 Å². The maximum Gasteiger partial charge on any atom is 0.191 e. The van der Waals surface area contributed by atoms with Gasteiger partial charge in [-0.2, -0.15) is 0 Å². The molecule has 1 aliphatic rings. The molecule has 1 heterocycles. The lowest BCUT2D eigenvalue weighted by Gasteiger charge is -2.37. The molecule has 1 saturated heterocycles. The molecule has 1 atom stereocenters. The fourth-order valence-electron chi connectivity index (χ4n) is 3.22. The average Bonchev–Trinajstić information content (AvgIpc) is 2.64. The Morgan fingerprint density at radius 2 is 1.92 bits per heavy atom. The molecule has 2 rings (SSSR count). The molecule has 1 unspecified atom stereocenters. The van der Waals surface area contributed by atoms with E-state index in [0.717, 1.165) is 38.7 Å². The molecule has 0 spiro atoms. The Kier molecular flexibility index (Phi) is 8.22. The standard InChI is InChI=1S/C20H35N5/c1-5-21-20(23-16-19-9-7-8-17(3)14-19)22-15-18(4)25-12-10-24(6-2)11-13-25/h7-9,14,18H,5-6,10-13,15-16H2,1-4H3,(H2,21,22,23). The lowest BCUT2D eigenvalue weighted by atomic mass is 10.1. The van der Waals surface area contributed by atoms with Gasteiger partial charge in [0.1, 0.15) is 0 Å². The number of aryl methyl sites for hydroxylation is 1. The van der Waals surface area contributed by atoms with Crippen molar-refractivity contribution >= 4 is 5.96 Å². The summed E-state index contributed by atoms with van der Waals surface area (Å²) in [5.74, 6) is 0.906. The van der Waals surface area contributed by atoms with Crippen LogP contribution in [0.3, 0.4) is 0 Å². The monoisotopic (exact) mass is 345 g/mol. The van der Waals surface area contributed by atoms with Gasteiger partial charge in [-0.3, -0.25) is 4.90 Å². The van der Waals surface area contributed by atoms with Crippen LogP contribution in [0.1, 0.15) is 31.9 Å². The highest BCUT2D eigenvalue weighted by Gasteiger charge is 2.20. The van der Waals surface area contributed by atoms with E-state index in [4.69, 9.17) is 4.99 Å². The molecule has 0 radical (unpaired) electrons. The summed E-state index contributed by atoms with van der Waals surface area (Å²) in [5, 5.41) is 6.87. The fraction of sp³-hybridized carbons (Fsp3) is 0.650. The molecule has 0 bridgehead atoms. The van der Waals surface area contributed by atoms with Crippen LogP contribution in [0.15, 0.2) is 29.3 Å². The third kappa shape index (κ3) is 6.67. The minimum atomic E-state index is 0.516. The van der Waals surface area contributed by atoms with Gasteiger partial charge in [0.15, 0.2) is 5.96 Å². The summed E-state index contributed by atoms with van der Waals surface area (Å²) >= 11 is 0. The van der Waals surface area contributed by atoms with Crippen LogP contribution in [0.25, 0.3) is 0 Å². The van der Waals surface area contributed by atoms with Gasteiger partial charge in [-0.05, 0) is 32.9 Å². The molecule has 25 heavy (non-hydrogen) atoms. The van der Waals surface area contributed by atoms with Gasteiger partial charge >= 0.3 is 0 Å². The van der Waals surface area contributed by atoms with Crippen LogP contribution in [0.5, 0.6) is 0 Å². The Morgan fingerprint density at radius 3 is 2.56 bits per heavy atom. The molecule has 0 amide bonds. The van der Waals surface area contributed by atoms with Gasteiger partial charge < -0.3 is 15.5 Å². The van der Waals surface area contributed by atoms with Crippen molar-refractivity contribution in [2.45, 2.75) is 40.3 Å². The van der Waals surface area contributed by atoms with Crippen molar-refractivity contribution in [2.75, 3.05) is 45.8 Å². The molecular formula is C20H35N5. The summed E-state index contributed by atoms with van der Waals surface area (Å²) in [6.45, 7) is 17.1. The quantitative estimate of drug-likeness (QED) is 0.586. The van der Waals surface area contributed by atoms with Gasteiger partial charge in [0.05, 0.1) is 6.54 Å². The summed E-state index contributed by atoms with van der Waals surface area (Å²) < 4.78 is 0. The zero-order valence-electron chi connectivity index (χ0n) is 16.4. The molecule has 5 heteroatoms. The number of piperazine rings is 1. The van der Waals surface area contributed by atoms with Gasteiger partial charge in [-0.25, -0.2) is 4.99 Å². The molecule has 0 aliphatic carbocycles. The van der Waals surface area contributed by atoms with Crippen molar-refractivity contribution in [3.8, 4) is 0 Å². The predicted molar refractivity (Wildman–Crippen MR) is 107 cm³/mol. The summed E-state index contributed by atoms with van der Waals surface area (Å²) in [5.41, 5.74) is 2.53. The van der Waals surface area contributed by atoms with Crippen LogP contribution in [0.4, 0.5) is 0 Å². The van der Waals surface area contributed by atoms with E-state index in [0.29, 0.717) is 12.6 Å². The molecule has 1 aromatic carbocycles. The minimum absolute atomic E-state index is 0.516. The average molecular weight is 346 g/mol. The first-order valence-electron chi connectivity index (χ1n) is 9.66. The first-order valence-corrected chi connectivity index (χ1v) is 9.66. The van der Waals surface area contributed by atoms with E-state index in [1.165, 1.54) is 24.2 Å². The highest BCUT2D eigenvalue weighted by atomic mass is 15.3. The molecule has 0 aromatic heterocycles. The largest absolute Gasteiger partial charge is 0.357 e. The van der Waals surface area contributed by atoms with E-state index in [1.54, 1.807) is 0 Å². The molecule has 5 nitrogen and oxygen atoms in total. The van der Waals surface area contributed by atoms with Gasteiger partial charge in [0.25, 0.3) is 0 Å². The number of hydrogen-bond acceptors (Lipinski definition) is 3. The number of likely N-dealkylation sites (N-methyl/N-ethyl adjacent to an activating group) is 1. The molecule has 1 aromatic rings. The van der Waals surface area contributed by atoms with Crippen molar-refractivity contribution in [1.29, 1.82) is 0 Å². The summed E-state index contributed by atoms with van der Waals surface area (Å²) in [4.78, 5) is 9.83. The van der Waals surface area contributed by atoms with Crippen molar-refractivity contribution in [2.24, 2.45) is 4.99 Å². The molecular weight excluding hydrogens is 310 g/mol. The second-order valence-electron chi connectivity index (χ2n) is 6.88. The van der Waals surface area contributed by atoms with Crippen molar-refractivity contribution < 1.29 is 0 Å². The lowest BCUT2D eigenvalue weighted by Crippen LogP contribution is -2.53. The zero-order chi connectivity index (χ0) is 18.1. The summed E-state index contributed by atoms with van der Waals surface area (Å²) in [7, 11) is 0. The second-order valence-corrected chi connectivity index (χ2v) is 6.88. The highest BCUT2D eigenvalue weighted by Crippen LogP contribution is 2.06. The normalized spacial score (nSPS) is 18.2. The van der Waals surface area contributed by atoms with Crippen LogP contribution < -0.4 is 10.6 Å². The maximum absolute atomic E-state index is 4.73. The molecule has 1 aliphatic heterocycles. The predicted octanol–water partition coefficient (Wildman–Crippen LogP) is 2.08.